The largest absolute Gasteiger partial charge is 0.273 e. The molecule has 96 valence electrons. The number of hydrogen-bond donors (Lipinski definition) is 2. The summed E-state index contributed by atoms with van der Waals surface area (Å²) in [5.41, 5.74) is 4.32. The number of hydrazine groups is 1. The number of aromatic nitrogens is 2. The Bertz CT molecular complexity index is 328. The Morgan fingerprint density at radius 2 is 2.24 bits per heavy atom. The second kappa shape index (κ2) is 6.17. The molecule has 4 heteroatoms. The van der Waals surface area contributed by atoms with Crippen molar-refractivity contribution in [2.75, 3.05) is 0 Å². The van der Waals surface area contributed by atoms with E-state index in [9.17, 15) is 0 Å². The third kappa shape index (κ3) is 3.30. The molecular weight excluding hydrogens is 212 g/mol. The molecule has 3 N–H and O–H groups in total. The fourth-order valence-corrected chi connectivity index (χ4v) is 2.94. The Labute approximate surface area is 104 Å². The predicted octanol–water partition coefficient (Wildman–Crippen LogP) is 1.76. The molecule has 0 amide bonds. The van der Waals surface area contributed by atoms with Gasteiger partial charge in [-0.3, -0.25) is 16.0 Å². The molecule has 1 saturated carbocycles. The van der Waals surface area contributed by atoms with Crippen molar-refractivity contribution in [1.82, 2.24) is 15.2 Å². The van der Waals surface area contributed by atoms with Gasteiger partial charge in [-0.05, 0) is 37.7 Å². The molecule has 1 aromatic rings. The van der Waals surface area contributed by atoms with Gasteiger partial charge in [0.1, 0.15) is 0 Å². The Hall–Kier alpha value is -0.870. The summed E-state index contributed by atoms with van der Waals surface area (Å²) in [4.78, 5) is 0. The van der Waals surface area contributed by atoms with Crippen LogP contribution in [0.1, 0.15) is 44.2 Å². The van der Waals surface area contributed by atoms with Gasteiger partial charge in [-0.25, -0.2) is 0 Å². The van der Waals surface area contributed by atoms with Gasteiger partial charge in [0.05, 0.1) is 0 Å². The molecule has 1 heterocycles. The average Bonchev–Trinajstić information content (AvgIpc) is 2.77. The smallest absolute Gasteiger partial charge is 0.0492 e. The summed E-state index contributed by atoms with van der Waals surface area (Å²) >= 11 is 0. The Kier molecular flexibility index (Phi) is 4.57. The molecule has 17 heavy (non-hydrogen) atoms. The van der Waals surface area contributed by atoms with Crippen LogP contribution in [-0.2, 0) is 13.5 Å². The zero-order valence-electron chi connectivity index (χ0n) is 10.7. The number of rotatable bonds is 5. The fraction of sp³-hybridized carbons (Fsp3) is 0.769. The lowest BCUT2D eigenvalue weighted by Gasteiger charge is -2.29. The first-order valence-corrected chi connectivity index (χ1v) is 6.74. The van der Waals surface area contributed by atoms with Crippen molar-refractivity contribution in [3.8, 4) is 0 Å². The normalized spacial score (nSPS) is 19.4. The quantitative estimate of drug-likeness (QED) is 0.605. The molecule has 1 atom stereocenters. The lowest BCUT2D eigenvalue weighted by molar-refractivity contribution is 0.259. The first kappa shape index (κ1) is 12.6. The minimum absolute atomic E-state index is 0.463. The zero-order valence-corrected chi connectivity index (χ0v) is 10.7. The van der Waals surface area contributed by atoms with Crippen LogP contribution in [-0.4, -0.2) is 15.8 Å². The van der Waals surface area contributed by atoms with Gasteiger partial charge in [-0.15, -0.1) is 0 Å². The first-order chi connectivity index (χ1) is 8.31. The summed E-state index contributed by atoms with van der Waals surface area (Å²) < 4.78 is 1.95. The van der Waals surface area contributed by atoms with Crippen LogP contribution in [0.4, 0.5) is 0 Å². The Morgan fingerprint density at radius 1 is 1.47 bits per heavy atom. The second-order valence-corrected chi connectivity index (χ2v) is 5.16. The molecule has 1 fully saturated rings. The van der Waals surface area contributed by atoms with Gasteiger partial charge in [0.25, 0.3) is 0 Å². The van der Waals surface area contributed by atoms with Crippen molar-refractivity contribution in [3.63, 3.8) is 0 Å². The van der Waals surface area contributed by atoms with Crippen LogP contribution >= 0.6 is 0 Å². The molecule has 0 spiro atoms. The van der Waals surface area contributed by atoms with Crippen LogP contribution in [0.25, 0.3) is 0 Å². The molecule has 0 aromatic carbocycles. The second-order valence-electron chi connectivity index (χ2n) is 5.16. The molecule has 1 aliphatic carbocycles. The molecule has 0 aliphatic heterocycles. The van der Waals surface area contributed by atoms with E-state index in [1.807, 2.05) is 17.9 Å². The highest BCUT2D eigenvalue weighted by atomic mass is 15.3. The predicted molar refractivity (Wildman–Crippen MR) is 69.2 cm³/mol. The molecule has 1 aromatic heterocycles. The van der Waals surface area contributed by atoms with E-state index in [2.05, 4.69) is 16.6 Å². The van der Waals surface area contributed by atoms with Gasteiger partial charge in [0, 0.05) is 25.0 Å². The maximum atomic E-state index is 5.71. The standard InChI is InChI=1S/C13H24N4/c1-17-12(9-10-15-17)7-8-13(16-14)11-5-3-2-4-6-11/h9-11,13,16H,2-8,14H2,1H3. The summed E-state index contributed by atoms with van der Waals surface area (Å²) in [6.45, 7) is 0. The van der Waals surface area contributed by atoms with E-state index in [1.54, 1.807) is 0 Å². The highest BCUT2D eigenvalue weighted by Gasteiger charge is 2.22. The fourth-order valence-electron chi connectivity index (χ4n) is 2.94. The number of nitrogens with two attached hydrogens (primary N) is 1. The lowest BCUT2D eigenvalue weighted by Crippen LogP contribution is -2.42. The van der Waals surface area contributed by atoms with Crippen molar-refractivity contribution in [3.05, 3.63) is 18.0 Å². The van der Waals surface area contributed by atoms with Crippen LogP contribution in [0.5, 0.6) is 0 Å². The van der Waals surface area contributed by atoms with E-state index in [-0.39, 0.29) is 0 Å². The van der Waals surface area contributed by atoms with Gasteiger partial charge in [-0.2, -0.15) is 5.10 Å². The minimum Gasteiger partial charge on any atom is -0.273 e. The number of hydrogen-bond acceptors (Lipinski definition) is 3. The van der Waals surface area contributed by atoms with E-state index in [0.717, 1.165) is 18.8 Å². The molecule has 0 bridgehead atoms. The molecule has 0 radical (unpaired) electrons. The first-order valence-electron chi connectivity index (χ1n) is 6.74. The number of aryl methyl sites for hydroxylation is 2. The van der Waals surface area contributed by atoms with Crippen molar-refractivity contribution in [2.24, 2.45) is 18.8 Å². The van der Waals surface area contributed by atoms with Gasteiger partial charge in [0.2, 0.25) is 0 Å². The van der Waals surface area contributed by atoms with Gasteiger partial charge in [0.15, 0.2) is 0 Å². The summed E-state index contributed by atoms with van der Waals surface area (Å²) in [5, 5.41) is 4.20. The van der Waals surface area contributed by atoms with Crippen molar-refractivity contribution in [2.45, 2.75) is 51.0 Å². The van der Waals surface area contributed by atoms with Gasteiger partial charge in [-0.1, -0.05) is 19.3 Å². The third-order valence-corrected chi connectivity index (χ3v) is 4.07. The Morgan fingerprint density at radius 3 is 2.82 bits per heavy atom. The van der Waals surface area contributed by atoms with E-state index in [0.29, 0.717) is 6.04 Å². The van der Waals surface area contributed by atoms with E-state index in [4.69, 9.17) is 5.84 Å². The average molecular weight is 236 g/mol. The van der Waals surface area contributed by atoms with Crippen molar-refractivity contribution < 1.29 is 0 Å². The monoisotopic (exact) mass is 236 g/mol. The van der Waals surface area contributed by atoms with Crippen LogP contribution in [0.15, 0.2) is 12.3 Å². The van der Waals surface area contributed by atoms with Crippen LogP contribution in [0, 0.1) is 5.92 Å². The highest BCUT2D eigenvalue weighted by Crippen LogP contribution is 2.28. The van der Waals surface area contributed by atoms with E-state index >= 15 is 0 Å². The summed E-state index contributed by atoms with van der Waals surface area (Å²) in [6.07, 6.45) is 10.8. The van der Waals surface area contributed by atoms with E-state index < -0.39 is 0 Å². The van der Waals surface area contributed by atoms with Crippen molar-refractivity contribution >= 4 is 0 Å². The van der Waals surface area contributed by atoms with Gasteiger partial charge >= 0.3 is 0 Å². The number of nitrogens with zero attached hydrogens (tertiary/aromatic N) is 2. The Balaban J connectivity index is 1.84. The van der Waals surface area contributed by atoms with Crippen LogP contribution in [0.2, 0.25) is 0 Å². The minimum atomic E-state index is 0.463. The maximum absolute atomic E-state index is 5.71. The number of nitrogens with one attached hydrogen (secondary N) is 1. The summed E-state index contributed by atoms with van der Waals surface area (Å²) in [6, 6.07) is 2.55. The molecule has 1 unspecified atom stereocenters. The third-order valence-electron chi connectivity index (χ3n) is 4.07. The molecule has 4 nitrogen and oxygen atoms in total. The molecule has 1 aliphatic rings. The van der Waals surface area contributed by atoms with Gasteiger partial charge < -0.3 is 0 Å². The zero-order chi connectivity index (χ0) is 12.1. The molecule has 2 rings (SSSR count). The van der Waals surface area contributed by atoms with E-state index in [1.165, 1.54) is 37.8 Å². The van der Waals surface area contributed by atoms with Crippen LogP contribution in [0.3, 0.4) is 0 Å². The summed E-state index contributed by atoms with van der Waals surface area (Å²) in [5.74, 6) is 6.47. The lowest BCUT2D eigenvalue weighted by atomic mass is 9.82. The highest BCUT2D eigenvalue weighted by molar-refractivity contribution is 5.00. The van der Waals surface area contributed by atoms with Crippen molar-refractivity contribution in [1.29, 1.82) is 0 Å². The SMILES string of the molecule is Cn1nccc1CCC(NN)C1CCCCC1. The molecule has 0 saturated heterocycles. The molecular formula is C13H24N4. The van der Waals surface area contributed by atoms with Crippen LogP contribution < -0.4 is 11.3 Å². The summed E-state index contributed by atoms with van der Waals surface area (Å²) in [7, 11) is 2.00. The maximum Gasteiger partial charge on any atom is 0.0492 e. The topological polar surface area (TPSA) is 55.9 Å².